The monoisotopic (exact) mass is 374 g/mol. The standard InChI is InChI=1S/C18H23ClN6O/c19-15-4-2-1-3-14(15)17-9-16(22-23-17)13-5-7-24(8-6-13)18(26)10-25-12-20-11-21-25/h1-4,11-13,16-17,22-23H,5-10H2. The molecule has 1 amide bonds. The maximum atomic E-state index is 12.4. The van der Waals surface area contributed by atoms with E-state index in [0.29, 0.717) is 12.0 Å². The molecule has 2 aromatic rings. The van der Waals surface area contributed by atoms with Gasteiger partial charge in [0.2, 0.25) is 5.91 Å². The van der Waals surface area contributed by atoms with Gasteiger partial charge in [0, 0.05) is 30.2 Å². The maximum absolute atomic E-state index is 12.4. The van der Waals surface area contributed by atoms with Crippen molar-refractivity contribution >= 4 is 17.5 Å². The number of hydrogen-bond acceptors (Lipinski definition) is 5. The molecule has 2 fully saturated rings. The van der Waals surface area contributed by atoms with E-state index in [9.17, 15) is 4.79 Å². The molecule has 7 nitrogen and oxygen atoms in total. The van der Waals surface area contributed by atoms with Crippen molar-refractivity contribution in [2.24, 2.45) is 5.92 Å². The van der Waals surface area contributed by atoms with Crippen LogP contribution in [-0.4, -0.2) is 44.7 Å². The van der Waals surface area contributed by atoms with Gasteiger partial charge in [-0.05, 0) is 36.8 Å². The van der Waals surface area contributed by atoms with Crippen LogP contribution in [0, 0.1) is 5.92 Å². The highest BCUT2D eigenvalue weighted by atomic mass is 35.5. The van der Waals surface area contributed by atoms with Crippen molar-refractivity contribution in [3.63, 3.8) is 0 Å². The van der Waals surface area contributed by atoms with Crippen LogP contribution in [0.25, 0.3) is 0 Å². The summed E-state index contributed by atoms with van der Waals surface area (Å²) in [6.07, 6.45) is 6.07. The van der Waals surface area contributed by atoms with Crippen LogP contribution in [0.2, 0.25) is 5.02 Å². The number of benzene rings is 1. The number of likely N-dealkylation sites (tertiary alicyclic amines) is 1. The van der Waals surface area contributed by atoms with E-state index in [-0.39, 0.29) is 18.5 Å². The van der Waals surface area contributed by atoms with Gasteiger partial charge in [0.15, 0.2) is 0 Å². The number of hydrazine groups is 1. The summed E-state index contributed by atoms with van der Waals surface area (Å²) in [4.78, 5) is 18.2. The predicted molar refractivity (Wildman–Crippen MR) is 98.2 cm³/mol. The molecule has 26 heavy (non-hydrogen) atoms. The number of carbonyl (C=O) groups is 1. The molecule has 2 atom stereocenters. The van der Waals surface area contributed by atoms with Crippen LogP contribution in [0.3, 0.4) is 0 Å². The predicted octanol–water partition coefficient (Wildman–Crippen LogP) is 1.78. The Kier molecular flexibility index (Phi) is 5.19. The van der Waals surface area contributed by atoms with Crippen LogP contribution < -0.4 is 10.9 Å². The van der Waals surface area contributed by atoms with E-state index in [4.69, 9.17) is 11.6 Å². The van der Waals surface area contributed by atoms with Crippen LogP contribution in [0.5, 0.6) is 0 Å². The molecule has 0 bridgehead atoms. The highest BCUT2D eigenvalue weighted by molar-refractivity contribution is 6.31. The van der Waals surface area contributed by atoms with Crippen molar-refractivity contribution < 1.29 is 4.79 Å². The lowest BCUT2D eigenvalue weighted by molar-refractivity contribution is -0.133. The lowest BCUT2D eigenvalue weighted by Crippen LogP contribution is -2.45. The third kappa shape index (κ3) is 3.75. The van der Waals surface area contributed by atoms with E-state index >= 15 is 0 Å². The molecule has 2 N–H and O–H groups in total. The van der Waals surface area contributed by atoms with E-state index in [1.807, 2.05) is 23.1 Å². The molecular formula is C18H23ClN6O. The third-order valence-corrected chi connectivity index (χ3v) is 5.78. The molecule has 2 aliphatic heterocycles. The highest BCUT2D eigenvalue weighted by Crippen LogP contribution is 2.33. The van der Waals surface area contributed by atoms with Gasteiger partial charge in [-0.15, -0.1) is 0 Å². The zero-order chi connectivity index (χ0) is 17.9. The lowest BCUT2D eigenvalue weighted by atomic mass is 9.86. The zero-order valence-electron chi connectivity index (χ0n) is 14.5. The van der Waals surface area contributed by atoms with Crippen LogP contribution in [0.4, 0.5) is 0 Å². The van der Waals surface area contributed by atoms with Crippen molar-refractivity contribution in [1.82, 2.24) is 30.5 Å². The lowest BCUT2D eigenvalue weighted by Gasteiger charge is -2.34. The van der Waals surface area contributed by atoms with E-state index in [0.717, 1.165) is 42.9 Å². The number of aromatic nitrogens is 3. The van der Waals surface area contributed by atoms with Gasteiger partial charge in [-0.25, -0.2) is 15.1 Å². The first-order valence-electron chi connectivity index (χ1n) is 9.06. The Bertz CT molecular complexity index is 744. The van der Waals surface area contributed by atoms with Crippen molar-refractivity contribution in [2.75, 3.05) is 13.1 Å². The van der Waals surface area contributed by atoms with Gasteiger partial charge in [-0.2, -0.15) is 5.10 Å². The smallest absolute Gasteiger partial charge is 0.244 e. The molecular weight excluding hydrogens is 352 g/mol. The van der Waals surface area contributed by atoms with Gasteiger partial charge in [-0.3, -0.25) is 10.2 Å². The number of piperidine rings is 1. The van der Waals surface area contributed by atoms with E-state index in [1.54, 1.807) is 11.0 Å². The van der Waals surface area contributed by atoms with Gasteiger partial charge in [-0.1, -0.05) is 29.8 Å². The van der Waals surface area contributed by atoms with Gasteiger partial charge >= 0.3 is 0 Å². The number of rotatable bonds is 4. The van der Waals surface area contributed by atoms with E-state index in [2.05, 4.69) is 27.0 Å². The Morgan fingerprint density at radius 1 is 1.23 bits per heavy atom. The SMILES string of the molecule is O=C(Cn1cncn1)N1CCC(C2CC(c3ccccc3Cl)NN2)CC1. The van der Waals surface area contributed by atoms with E-state index < -0.39 is 0 Å². The van der Waals surface area contributed by atoms with Crippen molar-refractivity contribution in [1.29, 1.82) is 0 Å². The molecule has 0 radical (unpaired) electrons. The summed E-state index contributed by atoms with van der Waals surface area (Å²) in [5, 5.41) is 4.81. The summed E-state index contributed by atoms with van der Waals surface area (Å²) < 4.78 is 1.57. The number of halogens is 1. The number of carbonyl (C=O) groups excluding carboxylic acids is 1. The third-order valence-electron chi connectivity index (χ3n) is 5.44. The number of nitrogens with one attached hydrogen (secondary N) is 2. The van der Waals surface area contributed by atoms with Gasteiger partial charge in [0.05, 0.1) is 0 Å². The first-order valence-corrected chi connectivity index (χ1v) is 9.44. The minimum Gasteiger partial charge on any atom is -0.341 e. The Morgan fingerprint density at radius 3 is 2.77 bits per heavy atom. The molecule has 8 heteroatoms. The molecule has 1 aromatic carbocycles. The summed E-state index contributed by atoms with van der Waals surface area (Å²) in [6.45, 7) is 1.86. The summed E-state index contributed by atoms with van der Waals surface area (Å²) >= 11 is 6.33. The average molecular weight is 375 g/mol. The topological polar surface area (TPSA) is 75.1 Å². The quantitative estimate of drug-likeness (QED) is 0.853. The minimum atomic E-state index is 0.111. The molecule has 4 rings (SSSR count). The highest BCUT2D eigenvalue weighted by Gasteiger charge is 2.34. The molecule has 0 aliphatic carbocycles. The first kappa shape index (κ1) is 17.5. The van der Waals surface area contributed by atoms with Crippen LogP contribution in [0.1, 0.15) is 30.9 Å². The molecule has 138 valence electrons. The average Bonchev–Trinajstić information content (AvgIpc) is 3.34. The molecule has 2 saturated heterocycles. The molecule has 1 aromatic heterocycles. The van der Waals surface area contributed by atoms with Gasteiger partial charge in [0.25, 0.3) is 0 Å². The van der Waals surface area contributed by atoms with Crippen molar-refractivity contribution in [3.8, 4) is 0 Å². The van der Waals surface area contributed by atoms with Crippen molar-refractivity contribution in [3.05, 3.63) is 47.5 Å². The normalized spacial score (nSPS) is 24.1. The number of amides is 1. The fourth-order valence-corrected chi connectivity index (χ4v) is 4.22. The Labute approximate surface area is 157 Å². The zero-order valence-corrected chi connectivity index (χ0v) is 15.3. The van der Waals surface area contributed by atoms with Crippen LogP contribution in [-0.2, 0) is 11.3 Å². The molecule has 0 saturated carbocycles. The second kappa shape index (κ2) is 7.73. The van der Waals surface area contributed by atoms with Crippen molar-refractivity contribution in [2.45, 2.75) is 37.9 Å². The largest absolute Gasteiger partial charge is 0.341 e. The second-order valence-electron chi connectivity index (χ2n) is 7.02. The molecule has 3 heterocycles. The fourth-order valence-electron chi connectivity index (χ4n) is 3.96. The van der Waals surface area contributed by atoms with Crippen LogP contribution >= 0.6 is 11.6 Å². The second-order valence-corrected chi connectivity index (χ2v) is 7.42. The number of hydrogen-bond donors (Lipinski definition) is 2. The summed E-state index contributed by atoms with van der Waals surface area (Å²) in [7, 11) is 0. The summed E-state index contributed by atoms with van der Waals surface area (Å²) in [6, 6.07) is 8.64. The molecule has 2 unspecified atom stereocenters. The van der Waals surface area contributed by atoms with Gasteiger partial charge in [0.1, 0.15) is 19.2 Å². The van der Waals surface area contributed by atoms with Gasteiger partial charge < -0.3 is 4.90 Å². The number of nitrogens with zero attached hydrogens (tertiary/aromatic N) is 4. The first-order chi connectivity index (χ1) is 12.7. The summed E-state index contributed by atoms with van der Waals surface area (Å²) in [5.74, 6) is 0.672. The van der Waals surface area contributed by atoms with Crippen LogP contribution in [0.15, 0.2) is 36.9 Å². The Balaban J connectivity index is 1.29. The molecule has 2 aliphatic rings. The molecule has 0 spiro atoms. The Morgan fingerprint density at radius 2 is 2.04 bits per heavy atom. The summed E-state index contributed by atoms with van der Waals surface area (Å²) in [5.41, 5.74) is 7.98. The van der Waals surface area contributed by atoms with E-state index in [1.165, 1.54) is 6.33 Å². The maximum Gasteiger partial charge on any atom is 0.244 e. The fraction of sp³-hybridized carbons (Fsp3) is 0.500. The minimum absolute atomic E-state index is 0.111. The Hall–Kier alpha value is -1.96.